The number of aliphatic imine (C=N–C) groups is 1. The molecule has 0 radical (unpaired) electrons. The molecule has 9 heteroatoms. The maximum absolute atomic E-state index is 12.2. The fraction of sp³-hybridized carbons (Fsp3) is 0.667. The second kappa shape index (κ2) is 15.0. The number of piperidine rings is 1. The molecule has 0 unspecified atom stereocenters. The molecule has 1 aliphatic rings. The number of nitrogens with one attached hydrogen (secondary N) is 3. The van der Waals surface area contributed by atoms with E-state index < -0.39 is 10.0 Å². The molecule has 30 heavy (non-hydrogen) atoms. The van der Waals surface area contributed by atoms with Crippen molar-refractivity contribution < 1.29 is 8.42 Å². The van der Waals surface area contributed by atoms with Gasteiger partial charge in [0.05, 0.1) is 5.75 Å². The number of hydrogen-bond donors (Lipinski definition) is 3. The molecule has 2 rings (SSSR count). The molecule has 1 heterocycles. The van der Waals surface area contributed by atoms with E-state index in [1.807, 2.05) is 37.3 Å². The molecule has 1 fully saturated rings. The predicted octanol–water partition coefficient (Wildman–Crippen LogP) is 2.40. The van der Waals surface area contributed by atoms with Crippen molar-refractivity contribution in [1.29, 1.82) is 0 Å². The molecule has 0 atom stereocenters. The van der Waals surface area contributed by atoms with Crippen LogP contribution in [-0.4, -0.2) is 64.3 Å². The lowest BCUT2D eigenvalue weighted by Gasteiger charge is -2.29. The summed E-state index contributed by atoms with van der Waals surface area (Å²) >= 11 is 0. The minimum absolute atomic E-state index is 0. The van der Waals surface area contributed by atoms with Crippen LogP contribution in [0.25, 0.3) is 0 Å². The van der Waals surface area contributed by atoms with Crippen LogP contribution in [0.2, 0.25) is 0 Å². The van der Waals surface area contributed by atoms with Crippen molar-refractivity contribution in [3.8, 4) is 0 Å². The van der Waals surface area contributed by atoms with Crippen LogP contribution in [0.4, 0.5) is 0 Å². The Kier molecular flexibility index (Phi) is 13.5. The Bertz CT molecular complexity index is 707. The predicted molar refractivity (Wildman–Crippen MR) is 136 cm³/mol. The summed E-state index contributed by atoms with van der Waals surface area (Å²) in [5, 5.41) is 6.31. The molecule has 0 aliphatic carbocycles. The van der Waals surface area contributed by atoms with Crippen molar-refractivity contribution in [1.82, 2.24) is 20.3 Å². The van der Waals surface area contributed by atoms with Crippen molar-refractivity contribution in [2.24, 2.45) is 10.9 Å². The van der Waals surface area contributed by atoms with Gasteiger partial charge in [-0.1, -0.05) is 37.3 Å². The average Bonchev–Trinajstić information content (AvgIpc) is 2.72. The summed E-state index contributed by atoms with van der Waals surface area (Å²) in [7, 11) is -3.34. The van der Waals surface area contributed by atoms with E-state index >= 15 is 0 Å². The zero-order valence-corrected chi connectivity index (χ0v) is 21.4. The summed E-state index contributed by atoms with van der Waals surface area (Å²) in [6, 6.07) is 9.52. The molecule has 0 amide bonds. The molecule has 1 aliphatic heterocycles. The highest BCUT2D eigenvalue weighted by Gasteiger charge is 2.14. The molecular formula is C21H38IN5O2S. The highest BCUT2D eigenvalue weighted by Crippen LogP contribution is 2.15. The van der Waals surface area contributed by atoms with E-state index in [9.17, 15) is 8.42 Å². The molecular weight excluding hydrogens is 513 g/mol. The Morgan fingerprint density at radius 1 is 1.17 bits per heavy atom. The van der Waals surface area contributed by atoms with Gasteiger partial charge < -0.3 is 15.5 Å². The Labute approximate surface area is 199 Å². The molecule has 172 valence electrons. The van der Waals surface area contributed by atoms with Crippen LogP contribution in [0, 0.1) is 5.92 Å². The molecule has 0 spiro atoms. The number of guanidine groups is 1. The summed E-state index contributed by atoms with van der Waals surface area (Å²) in [6.07, 6.45) is 3.60. The van der Waals surface area contributed by atoms with Gasteiger partial charge in [0.25, 0.3) is 0 Å². The third kappa shape index (κ3) is 11.5. The Hall–Kier alpha value is -0.910. The van der Waals surface area contributed by atoms with Gasteiger partial charge in [0, 0.05) is 26.2 Å². The quantitative estimate of drug-likeness (QED) is 0.170. The van der Waals surface area contributed by atoms with Crippen LogP contribution < -0.4 is 15.4 Å². The SMILES string of the molecule is CCNC(=NCCCN1CCC(C)CC1)NCCS(=O)(=O)NCc1ccccc1.I. The van der Waals surface area contributed by atoms with E-state index in [0.717, 1.165) is 37.5 Å². The standard InChI is InChI=1S/C21H37N5O2S.HI/c1-3-22-21(23-12-7-14-26-15-10-19(2)11-16-26)24-13-17-29(27,28)25-18-20-8-5-4-6-9-20;/h4-6,8-9,19,25H,3,7,10-18H2,1-2H3,(H2,22,23,24);1H. The minimum atomic E-state index is -3.34. The van der Waals surface area contributed by atoms with Gasteiger partial charge in [-0.15, -0.1) is 24.0 Å². The number of sulfonamides is 1. The van der Waals surface area contributed by atoms with Crippen molar-refractivity contribution in [2.75, 3.05) is 45.0 Å². The Morgan fingerprint density at radius 3 is 2.53 bits per heavy atom. The van der Waals surface area contributed by atoms with Gasteiger partial charge in [0.1, 0.15) is 0 Å². The van der Waals surface area contributed by atoms with Crippen molar-refractivity contribution in [2.45, 2.75) is 39.7 Å². The van der Waals surface area contributed by atoms with Crippen molar-refractivity contribution in [3.05, 3.63) is 35.9 Å². The first-order chi connectivity index (χ1) is 14.0. The molecule has 0 bridgehead atoms. The number of benzene rings is 1. The van der Waals surface area contributed by atoms with Crippen LogP contribution in [0.5, 0.6) is 0 Å². The zero-order chi connectivity index (χ0) is 21.0. The van der Waals surface area contributed by atoms with E-state index in [1.165, 1.54) is 25.9 Å². The maximum Gasteiger partial charge on any atom is 0.213 e. The van der Waals surface area contributed by atoms with E-state index in [-0.39, 0.29) is 29.7 Å². The Morgan fingerprint density at radius 2 is 1.87 bits per heavy atom. The summed E-state index contributed by atoms with van der Waals surface area (Å²) in [4.78, 5) is 7.09. The lowest BCUT2D eigenvalue weighted by Crippen LogP contribution is -2.41. The number of rotatable bonds is 11. The van der Waals surface area contributed by atoms with Gasteiger partial charge in [-0.3, -0.25) is 4.99 Å². The van der Waals surface area contributed by atoms with Crippen LogP contribution in [0.15, 0.2) is 35.3 Å². The van der Waals surface area contributed by atoms with Crippen molar-refractivity contribution in [3.63, 3.8) is 0 Å². The Balaban J connectivity index is 0.00000450. The van der Waals surface area contributed by atoms with E-state index in [2.05, 4.69) is 32.2 Å². The van der Waals surface area contributed by atoms with Gasteiger partial charge in [-0.2, -0.15) is 0 Å². The van der Waals surface area contributed by atoms with E-state index in [4.69, 9.17) is 0 Å². The van der Waals surface area contributed by atoms with Gasteiger partial charge in [-0.05, 0) is 57.3 Å². The van der Waals surface area contributed by atoms with E-state index in [0.29, 0.717) is 19.0 Å². The molecule has 3 N–H and O–H groups in total. The van der Waals surface area contributed by atoms with Gasteiger partial charge in [0.2, 0.25) is 10.0 Å². The summed E-state index contributed by atoms with van der Waals surface area (Å²) in [5.74, 6) is 1.54. The smallest absolute Gasteiger partial charge is 0.213 e. The van der Waals surface area contributed by atoms with Crippen LogP contribution in [-0.2, 0) is 16.6 Å². The van der Waals surface area contributed by atoms with Gasteiger partial charge >= 0.3 is 0 Å². The van der Waals surface area contributed by atoms with Crippen LogP contribution >= 0.6 is 24.0 Å². The lowest BCUT2D eigenvalue weighted by molar-refractivity contribution is 0.192. The lowest BCUT2D eigenvalue weighted by atomic mass is 9.99. The molecule has 0 aromatic heterocycles. The first kappa shape index (κ1) is 27.1. The third-order valence-electron chi connectivity index (χ3n) is 5.13. The van der Waals surface area contributed by atoms with E-state index in [1.54, 1.807) is 0 Å². The molecule has 0 saturated carbocycles. The highest BCUT2D eigenvalue weighted by molar-refractivity contribution is 14.0. The monoisotopic (exact) mass is 551 g/mol. The largest absolute Gasteiger partial charge is 0.357 e. The summed E-state index contributed by atoms with van der Waals surface area (Å²) < 4.78 is 27.0. The molecule has 1 aromatic rings. The second-order valence-electron chi connectivity index (χ2n) is 7.69. The zero-order valence-electron chi connectivity index (χ0n) is 18.3. The number of nitrogens with zero attached hydrogens (tertiary/aromatic N) is 2. The number of halogens is 1. The van der Waals surface area contributed by atoms with Crippen LogP contribution in [0.3, 0.4) is 0 Å². The fourth-order valence-corrected chi connectivity index (χ4v) is 4.18. The van der Waals surface area contributed by atoms with Crippen LogP contribution in [0.1, 0.15) is 38.7 Å². The molecule has 1 saturated heterocycles. The van der Waals surface area contributed by atoms with Gasteiger partial charge in [0.15, 0.2) is 5.96 Å². The first-order valence-corrected chi connectivity index (χ1v) is 12.4. The number of hydrogen-bond acceptors (Lipinski definition) is 4. The second-order valence-corrected chi connectivity index (χ2v) is 9.62. The topological polar surface area (TPSA) is 85.8 Å². The molecule has 1 aromatic carbocycles. The first-order valence-electron chi connectivity index (χ1n) is 10.7. The average molecular weight is 552 g/mol. The van der Waals surface area contributed by atoms with Gasteiger partial charge in [-0.25, -0.2) is 13.1 Å². The fourth-order valence-electron chi connectivity index (χ4n) is 3.28. The highest BCUT2D eigenvalue weighted by atomic mass is 127. The third-order valence-corrected chi connectivity index (χ3v) is 6.45. The normalized spacial score (nSPS) is 16.1. The maximum atomic E-state index is 12.2. The summed E-state index contributed by atoms with van der Waals surface area (Å²) in [5.41, 5.74) is 0.946. The molecule has 7 nitrogen and oxygen atoms in total. The summed E-state index contributed by atoms with van der Waals surface area (Å²) in [6.45, 7) is 9.90. The minimum Gasteiger partial charge on any atom is -0.357 e. The van der Waals surface area contributed by atoms with Crippen molar-refractivity contribution >= 4 is 40.0 Å². The number of likely N-dealkylation sites (tertiary alicyclic amines) is 1.